The van der Waals surface area contributed by atoms with Crippen molar-refractivity contribution in [1.82, 2.24) is 9.29 Å². The van der Waals surface area contributed by atoms with E-state index in [9.17, 15) is 13.2 Å². The molecule has 0 atom stereocenters. The van der Waals surface area contributed by atoms with Crippen molar-refractivity contribution in [2.75, 3.05) is 6.61 Å². The summed E-state index contributed by atoms with van der Waals surface area (Å²) in [5.41, 5.74) is 1.55. The molecule has 0 saturated carbocycles. The van der Waals surface area contributed by atoms with E-state index >= 15 is 0 Å². The van der Waals surface area contributed by atoms with Gasteiger partial charge < -0.3 is 9.15 Å². The predicted molar refractivity (Wildman–Crippen MR) is 93.1 cm³/mol. The molecule has 7 nitrogen and oxygen atoms in total. The van der Waals surface area contributed by atoms with Gasteiger partial charge in [0.2, 0.25) is 10.0 Å². The van der Waals surface area contributed by atoms with Gasteiger partial charge in [-0.2, -0.15) is 0 Å². The molecule has 0 aliphatic carbocycles. The molecule has 1 aromatic heterocycles. The summed E-state index contributed by atoms with van der Waals surface area (Å²) < 4.78 is 39.3. The molecule has 3 aromatic rings. The first-order valence-corrected chi connectivity index (χ1v) is 9.20. The van der Waals surface area contributed by atoms with Gasteiger partial charge in [0, 0.05) is 19.7 Å². The number of sulfonamides is 1. The molecule has 3 rings (SSSR count). The van der Waals surface area contributed by atoms with Gasteiger partial charge in [-0.3, -0.25) is 4.57 Å². The van der Waals surface area contributed by atoms with E-state index in [0.29, 0.717) is 17.9 Å². The van der Waals surface area contributed by atoms with E-state index < -0.39 is 15.8 Å². The summed E-state index contributed by atoms with van der Waals surface area (Å²) in [6, 6.07) is 11.5. The van der Waals surface area contributed by atoms with E-state index in [1.807, 2.05) is 19.1 Å². The highest BCUT2D eigenvalue weighted by atomic mass is 32.2. The Balaban J connectivity index is 1.82. The summed E-state index contributed by atoms with van der Waals surface area (Å²) in [5, 5.41) is 0. The van der Waals surface area contributed by atoms with Crippen LogP contribution in [0.3, 0.4) is 0 Å². The van der Waals surface area contributed by atoms with Crippen LogP contribution in [0.25, 0.3) is 11.1 Å². The number of aryl methyl sites for hydroxylation is 1. The van der Waals surface area contributed by atoms with Gasteiger partial charge in [-0.15, -0.1) is 0 Å². The zero-order valence-corrected chi connectivity index (χ0v) is 14.7. The van der Waals surface area contributed by atoms with E-state index in [0.717, 1.165) is 5.56 Å². The molecular formula is C17H18N2O5S. The first kappa shape index (κ1) is 17.2. The van der Waals surface area contributed by atoms with Crippen LogP contribution in [-0.4, -0.2) is 19.6 Å². The fourth-order valence-electron chi connectivity index (χ4n) is 2.45. The minimum atomic E-state index is -3.74. The Kier molecular flexibility index (Phi) is 4.65. The Hall–Kier alpha value is -2.58. The summed E-state index contributed by atoms with van der Waals surface area (Å²) >= 11 is 0. The molecule has 132 valence electrons. The molecule has 1 N–H and O–H groups in total. The zero-order valence-electron chi connectivity index (χ0n) is 13.9. The maximum absolute atomic E-state index is 12.5. The molecule has 0 fully saturated rings. The van der Waals surface area contributed by atoms with Crippen LogP contribution in [0, 0.1) is 0 Å². The van der Waals surface area contributed by atoms with Crippen LogP contribution < -0.4 is 15.2 Å². The standard InChI is InChI=1S/C17H18N2O5S/c1-3-23-13-6-4-5-12(9-13)11-18-25(21,22)14-7-8-15-16(10-14)24-17(20)19(15)2/h4-10,18H,3,11H2,1-2H3. The van der Waals surface area contributed by atoms with E-state index in [-0.39, 0.29) is 17.0 Å². The smallest absolute Gasteiger partial charge is 0.419 e. The highest BCUT2D eigenvalue weighted by Gasteiger charge is 2.16. The van der Waals surface area contributed by atoms with Crippen molar-refractivity contribution in [3.63, 3.8) is 0 Å². The second kappa shape index (κ2) is 6.73. The molecule has 0 radical (unpaired) electrons. The predicted octanol–water partition coefficient (Wildman–Crippen LogP) is 2.01. The lowest BCUT2D eigenvalue weighted by Gasteiger charge is -2.09. The topological polar surface area (TPSA) is 90.5 Å². The lowest BCUT2D eigenvalue weighted by molar-refractivity contribution is 0.340. The molecule has 1 heterocycles. The lowest BCUT2D eigenvalue weighted by Crippen LogP contribution is -2.23. The van der Waals surface area contributed by atoms with E-state index in [4.69, 9.17) is 9.15 Å². The normalized spacial score (nSPS) is 11.8. The SMILES string of the molecule is CCOc1cccc(CNS(=O)(=O)c2ccc3c(c2)oc(=O)n3C)c1. The minimum absolute atomic E-state index is 0.0373. The van der Waals surface area contributed by atoms with Crippen LogP contribution in [0.15, 0.2) is 56.6 Å². The maximum Gasteiger partial charge on any atom is 0.419 e. The second-order valence-corrected chi connectivity index (χ2v) is 7.23. The third-order valence-electron chi connectivity index (χ3n) is 3.75. The summed E-state index contributed by atoms with van der Waals surface area (Å²) in [7, 11) is -2.18. The van der Waals surface area contributed by atoms with Crippen molar-refractivity contribution in [3.8, 4) is 5.75 Å². The molecule has 8 heteroatoms. The van der Waals surface area contributed by atoms with Gasteiger partial charge >= 0.3 is 5.76 Å². The molecule has 0 saturated heterocycles. The van der Waals surface area contributed by atoms with Crippen LogP contribution in [0.5, 0.6) is 5.75 Å². The van der Waals surface area contributed by atoms with Crippen molar-refractivity contribution < 1.29 is 17.6 Å². The van der Waals surface area contributed by atoms with Gasteiger partial charge in [0.15, 0.2) is 5.58 Å². The van der Waals surface area contributed by atoms with Crippen LogP contribution >= 0.6 is 0 Å². The molecule has 0 aliphatic heterocycles. The number of benzene rings is 2. The molecule has 0 unspecified atom stereocenters. The highest BCUT2D eigenvalue weighted by Crippen LogP contribution is 2.19. The van der Waals surface area contributed by atoms with Crippen molar-refractivity contribution in [3.05, 3.63) is 58.6 Å². The van der Waals surface area contributed by atoms with Crippen LogP contribution in [0.4, 0.5) is 0 Å². The minimum Gasteiger partial charge on any atom is -0.494 e. The Labute approximate surface area is 144 Å². The molecule has 25 heavy (non-hydrogen) atoms. The van der Waals surface area contributed by atoms with Crippen molar-refractivity contribution >= 4 is 21.1 Å². The number of aromatic nitrogens is 1. The monoisotopic (exact) mass is 362 g/mol. The van der Waals surface area contributed by atoms with Crippen LogP contribution in [0.1, 0.15) is 12.5 Å². The zero-order chi connectivity index (χ0) is 18.0. The number of fused-ring (bicyclic) bond motifs is 1. The number of ether oxygens (including phenoxy) is 1. The summed E-state index contributed by atoms with van der Waals surface area (Å²) in [6.45, 7) is 2.55. The summed E-state index contributed by atoms with van der Waals surface area (Å²) in [4.78, 5) is 11.6. The Morgan fingerprint density at radius 2 is 2.00 bits per heavy atom. The first-order valence-electron chi connectivity index (χ1n) is 7.71. The second-order valence-electron chi connectivity index (χ2n) is 5.46. The molecule has 0 spiro atoms. The van der Waals surface area contributed by atoms with Gasteiger partial charge in [0.25, 0.3) is 0 Å². The highest BCUT2D eigenvalue weighted by molar-refractivity contribution is 7.89. The van der Waals surface area contributed by atoms with Crippen molar-refractivity contribution in [2.24, 2.45) is 7.05 Å². The molecule has 0 bridgehead atoms. The molecule has 2 aromatic carbocycles. The largest absolute Gasteiger partial charge is 0.494 e. The van der Waals surface area contributed by atoms with E-state index in [1.54, 1.807) is 25.2 Å². The fourth-order valence-corrected chi connectivity index (χ4v) is 3.49. The van der Waals surface area contributed by atoms with E-state index in [2.05, 4.69) is 4.72 Å². The third-order valence-corrected chi connectivity index (χ3v) is 5.15. The Bertz CT molecular complexity index is 1070. The molecular weight excluding hydrogens is 344 g/mol. The number of oxazole rings is 1. The third kappa shape index (κ3) is 3.59. The van der Waals surface area contributed by atoms with Gasteiger partial charge in [-0.25, -0.2) is 17.9 Å². The number of hydrogen-bond donors (Lipinski definition) is 1. The molecule has 0 amide bonds. The van der Waals surface area contributed by atoms with E-state index in [1.165, 1.54) is 16.7 Å². The number of rotatable bonds is 6. The van der Waals surface area contributed by atoms with Gasteiger partial charge in [0.05, 0.1) is 17.0 Å². The van der Waals surface area contributed by atoms with Gasteiger partial charge in [0.1, 0.15) is 5.75 Å². The quantitative estimate of drug-likeness (QED) is 0.724. The number of hydrogen-bond acceptors (Lipinski definition) is 5. The average molecular weight is 362 g/mol. The van der Waals surface area contributed by atoms with Crippen LogP contribution in [0.2, 0.25) is 0 Å². The van der Waals surface area contributed by atoms with Crippen LogP contribution in [-0.2, 0) is 23.6 Å². The van der Waals surface area contributed by atoms with Crippen molar-refractivity contribution in [2.45, 2.75) is 18.4 Å². The fraction of sp³-hybridized carbons (Fsp3) is 0.235. The Morgan fingerprint density at radius 3 is 2.76 bits per heavy atom. The van der Waals surface area contributed by atoms with Crippen molar-refractivity contribution in [1.29, 1.82) is 0 Å². The number of nitrogens with zero attached hydrogens (tertiary/aromatic N) is 1. The lowest BCUT2D eigenvalue weighted by atomic mass is 10.2. The molecule has 0 aliphatic rings. The number of nitrogens with one attached hydrogen (secondary N) is 1. The summed E-state index contributed by atoms with van der Waals surface area (Å²) in [5.74, 6) is 0.150. The Morgan fingerprint density at radius 1 is 1.20 bits per heavy atom. The van der Waals surface area contributed by atoms with Gasteiger partial charge in [-0.1, -0.05) is 12.1 Å². The maximum atomic E-state index is 12.5. The average Bonchev–Trinajstić information content (AvgIpc) is 2.88. The summed E-state index contributed by atoms with van der Waals surface area (Å²) in [6.07, 6.45) is 0. The van der Waals surface area contributed by atoms with Gasteiger partial charge in [-0.05, 0) is 36.8 Å². The first-order chi connectivity index (χ1) is 11.9.